The number of nitrogens with zero attached hydrogens (tertiary/aromatic N) is 2. The zero-order chi connectivity index (χ0) is 21.1. The smallest absolute Gasteiger partial charge is 0.259 e. The van der Waals surface area contributed by atoms with Gasteiger partial charge in [0.25, 0.3) is 17.2 Å². The lowest BCUT2D eigenvalue weighted by atomic mass is 10.0. The van der Waals surface area contributed by atoms with Crippen molar-refractivity contribution in [3.8, 4) is 0 Å². The SMILES string of the molecule is CC(c1c(F)cc(F)cc1F)N1CCN(C(=O)c2ccc(NS(=O)O)cc2)CC1. The van der Waals surface area contributed by atoms with E-state index in [0.717, 1.165) is 0 Å². The lowest BCUT2D eigenvalue weighted by molar-refractivity contribution is 0.0575. The van der Waals surface area contributed by atoms with Crippen LogP contribution in [0.1, 0.15) is 28.9 Å². The molecular weight excluding hydrogens is 407 g/mol. The van der Waals surface area contributed by atoms with E-state index in [2.05, 4.69) is 4.72 Å². The molecular formula is C19H20F3N3O3S. The first-order valence-electron chi connectivity index (χ1n) is 8.91. The van der Waals surface area contributed by atoms with Gasteiger partial charge in [-0.1, -0.05) is 0 Å². The lowest BCUT2D eigenvalue weighted by Crippen LogP contribution is -2.49. The summed E-state index contributed by atoms with van der Waals surface area (Å²) in [6.45, 7) is 3.20. The maximum Gasteiger partial charge on any atom is 0.259 e. The van der Waals surface area contributed by atoms with E-state index in [0.29, 0.717) is 49.6 Å². The highest BCUT2D eigenvalue weighted by atomic mass is 32.2. The summed E-state index contributed by atoms with van der Waals surface area (Å²) in [5.41, 5.74) is 0.649. The summed E-state index contributed by atoms with van der Waals surface area (Å²) >= 11 is -2.19. The third kappa shape index (κ3) is 4.95. The Labute approximate surface area is 168 Å². The van der Waals surface area contributed by atoms with Crippen LogP contribution in [0.3, 0.4) is 0 Å². The van der Waals surface area contributed by atoms with Crippen LogP contribution in [0.15, 0.2) is 36.4 Å². The summed E-state index contributed by atoms with van der Waals surface area (Å²) in [6, 6.07) is 6.89. The Morgan fingerprint density at radius 2 is 1.62 bits per heavy atom. The van der Waals surface area contributed by atoms with Crippen molar-refractivity contribution >= 4 is 22.9 Å². The predicted molar refractivity (Wildman–Crippen MR) is 103 cm³/mol. The third-order valence-electron chi connectivity index (χ3n) is 4.95. The van der Waals surface area contributed by atoms with Crippen molar-refractivity contribution < 1.29 is 26.7 Å². The number of carbonyl (C=O) groups excluding carboxylic acids is 1. The summed E-state index contributed by atoms with van der Waals surface area (Å²) in [6.07, 6.45) is 0. The van der Waals surface area contributed by atoms with Crippen LogP contribution in [-0.4, -0.2) is 50.6 Å². The molecule has 0 bridgehead atoms. The molecule has 29 heavy (non-hydrogen) atoms. The fraction of sp³-hybridized carbons (Fsp3) is 0.316. The fourth-order valence-corrected chi connectivity index (χ4v) is 3.75. The van der Waals surface area contributed by atoms with Gasteiger partial charge in [-0.15, -0.1) is 0 Å². The van der Waals surface area contributed by atoms with Crippen LogP contribution in [0.25, 0.3) is 0 Å². The molecule has 2 N–H and O–H groups in total. The maximum atomic E-state index is 14.0. The van der Waals surface area contributed by atoms with Gasteiger partial charge in [-0.3, -0.25) is 19.0 Å². The Balaban J connectivity index is 1.63. The minimum absolute atomic E-state index is 0.185. The van der Waals surface area contributed by atoms with Crippen molar-refractivity contribution in [2.24, 2.45) is 0 Å². The predicted octanol–water partition coefficient (Wildman–Crippen LogP) is 3.17. The topological polar surface area (TPSA) is 72.9 Å². The maximum absolute atomic E-state index is 14.0. The molecule has 1 heterocycles. The van der Waals surface area contributed by atoms with Crippen LogP contribution < -0.4 is 4.72 Å². The van der Waals surface area contributed by atoms with Crippen molar-refractivity contribution in [2.75, 3.05) is 30.9 Å². The Morgan fingerprint density at radius 1 is 1.07 bits per heavy atom. The van der Waals surface area contributed by atoms with Crippen LogP contribution in [0.4, 0.5) is 18.9 Å². The largest absolute Gasteiger partial charge is 0.336 e. The summed E-state index contributed by atoms with van der Waals surface area (Å²) in [5, 5.41) is 0. The minimum atomic E-state index is -2.19. The number of benzene rings is 2. The molecule has 2 unspecified atom stereocenters. The first kappa shape index (κ1) is 21.3. The highest BCUT2D eigenvalue weighted by Gasteiger charge is 2.28. The van der Waals surface area contributed by atoms with Crippen LogP contribution in [0.2, 0.25) is 0 Å². The second-order valence-corrected chi connectivity index (χ2v) is 7.42. The van der Waals surface area contributed by atoms with Crippen LogP contribution in [0, 0.1) is 17.5 Å². The van der Waals surface area contributed by atoms with E-state index in [4.69, 9.17) is 4.55 Å². The molecule has 1 aliphatic heterocycles. The molecule has 156 valence electrons. The lowest BCUT2D eigenvalue weighted by Gasteiger charge is -2.38. The van der Waals surface area contributed by atoms with Gasteiger partial charge < -0.3 is 4.90 Å². The molecule has 0 aliphatic carbocycles. The van der Waals surface area contributed by atoms with Crippen LogP contribution in [0.5, 0.6) is 0 Å². The van der Waals surface area contributed by atoms with Gasteiger partial charge in [0.2, 0.25) is 0 Å². The van der Waals surface area contributed by atoms with E-state index in [9.17, 15) is 22.2 Å². The standard InChI is InChI=1S/C19H20F3N3O3S/c1-12(18-16(21)10-14(20)11-17(18)22)24-6-8-25(9-7-24)19(26)13-2-4-15(5-3-13)23-29(27)28/h2-5,10-12,23H,6-9H2,1H3,(H,27,28). The summed E-state index contributed by atoms with van der Waals surface area (Å²) in [4.78, 5) is 16.1. The molecule has 1 aliphatic rings. The molecule has 10 heteroatoms. The molecule has 1 saturated heterocycles. The highest BCUT2D eigenvalue weighted by Crippen LogP contribution is 2.27. The third-order valence-corrected chi connectivity index (χ3v) is 5.36. The monoisotopic (exact) mass is 427 g/mol. The zero-order valence-electron chi connectivity index (χ0n) is 15.6. The van der Waals surface area contributed by atoms with Gasteiger partial charge in [0.15, 0.2) is 0 Å². The van der Waals surface area contributed by atoms with Gasteiger partial charge in [-0.2, -0.15) is 0 Å². The molecule has 2 atom stereocenters. The van der Waals surface area contributed by atoms with Gasteiger partial charge in [0.1, 0.15) is 17.5 Å². The molecule has 6 nitrogen and oxygen atoms in total. The molecule has 2 aromatic rings. The number of piperazine rings is 1. The second kappa shape index (κ2) is 8.93. The number of rotatable bonds is 5. The fourth-order valence-electron chi connectivity index (χ4n) is 3.41. The van der Waals surface area contributed by atoms with E-state index in [1.165, 1.54) is 12.1 Å². The van der Waals surface area contributed by atoms with Gasteiger partial charge in [0, 0.05) is 61.2 Å². The number of anilines is 1. The zero-order valence-corrected chi connectivity index (χ0v) is 16.4. The number of hydrogen-bond acceptors (Lipinski definition) is 3. The Kier molecular flexibility index (Phi) is 6.56. The molecule has 1 fully saturated rings. The van der Waals surface area contributed by atoms with Crippen molar-refractivity contribution in [3.05, 3.63) is 65.0 Å². The summed E-state index contributed by atoms with van der Waals surface area (Å²) in [7, 11) is 0. The van der Waals surface area contributed by atoms with Crippen molar-refractivity contribution in [2.45, 2.75) is 13.0 Å². The average Bonchev–Trinajstić information content (AvgIpc) is 2.67. The molecule has 0 radical (unpaired) electrons. The molecule has 1 amide bonds. The number of hydrogen-bond donors (Lipinski definition) is 2. The second-order valence-electron chi connectivity index (χ2n) is 6.72. The quantitative estimate of drug-likeness (QED) is 0.719. The van der Waals surface area contributed by atoms with Crippen LogP contribution >= 0.6 is 0 Å². The van der Waals surface area contributed by atoms with Crippen molar-refractivity contribution in [1.29, 1.82) is 0 Å². The van der Waals surface area contributed by atoms with E-state index in [-0.39, 0.29) is 11.5 Å². The molecule has 0 spiro atoms. The number of carbonyl (C=O) groups is 1. The summed E-state index contributed by atoms with van der Waals surface area (Å²) < 4.78 is 63.1. The van der Waals surface area contributed by atoms with E-state index in [1.54, 1.807) is 24.0 Å². The highest BCUT2D eigenvalue weighted by molar-refractivity contribution is 7.80. The van der Waals surface area contributed by atoms with E-state index < -0.39 is 34.8 Å². The average molecular weight is 427 g/mol. The molecule has 3 rings (SSSR count). The van der Waals surface area contributed by atoms with Gasteiger partial charge >= 0.3 is 0 Å². The molecule has 2 aromatic carbocycles. The minimum Gasteiger partial charge on any atom is -0.336 e. The van der Waals surface area contributed by atoms with Gasteiger partial charge in [-0.25, -0.2) is 17.4 Å². The Bertz CT molecular complexity index is 896. The van der Waals surface area contributed by atoms with Crippen molar-refractivity contribution in [3.63, 3.8) is 0 Å². The van der Waals surface area contributed by atoms with E-state index in [1.807, 2.05) is 4.90 Å². The van der Waals surface area contributed by atoms with E-state index >= 15 is 0 Å². The summed E-state index contributed by atoms with van der Waals surface area (Å²) in [5.74, 6) is -3.01. The number of nitrogens with one attached hydrogen (secondary N) is 1. The van der Waals surface area contributed by atoms with Gasteiger partial charge in [0.05, 0.1) is 0 Å². The molecule has 0 saturated carbocycles. The first-order chi connectivity index (χ1) is 13.8. The number of amides is 1. The Morgan fingerprint density at radius 3 is 2.14 bits per heavy atom. The Hall–Kier alpha value is -2.43. The molecule has 0 aromatic heterocycles. The normalized spacial score (nSPS) is 17.1. The van der Waals surface area contributed by atoms with Crippen molar-refractivity contribution in [1.82, 2.24) is 9.80 Å². The van der Waals surface area contributed by atoms with Crippen LogP contribution in [-0.2, 0) is 11.3 Å². The first-order valence-corrected chi connectivity index (χ1v) is 10.0. The number of halogens is 3. The van der Waals surface area contributed by atoms with Gasteiger partial charge in [-0.05, 0) is 31.2 Å².